The van der Waals surface area contributed by atoms with E-state index in [2.05, 4.69) is 18.2 Å². The van der Waals surface area contributed by atoms with Crippen molar-refractivity contribution in [1.82, 2.24) is 0 Å². The van der Waals surface area contributed by atoms with Gasteiger partial charge in [0, 0.05) is 0 Å². The Hall–Kier alpha value is -2.10. The molecule has 0 unspecified atom stereocenters. The molecule has 0 saturated carbocycles. The molecule has 0 fully saturated rings. The third-order valence-electron chi connectivity index (χ3n) is 3.30. The van der Waals surface area contributed by atoms with Crippen LogP contribution in [0.4, 0.5) is 0 Å². The second-order valence-corrected chi connectivity index (χ2v) is 4.52. The molecule has 3 aromatic carbocycles. The molecule has 0 spiro atoms. The fraction of sp³-hybridized carbons (Fsp3) is 0. The minimum atomic E-state index is -1.46. The van der Waals surface area contributed by atoms with Crippen LogP contribution in [-0.2, 0) is 0 Å². The van der Waals surface area contributed by atoms with Gasteiger partial charge in [0.05, 0.1) is 0 Å². The first-order valence-electron chi connectivity index (χ1n) is 6.20. The molecule has 2 nitrogen and oxygen atoms in total. The smallest absolute Gasteiger partial charge is 0.423 e. The molecule has 0 aliphatic rings. The Labute approximate surface area is 112 Å². The fourth-order valence-corrected chi connectivity index (χ4v) is 2.34. The Morgan fingerprint density at radius 2 is 1.37 bits per heavy atom. The summed E-state index contributed by atoms with van der Waals surface area (Å²) in [5.41, 5.74) is 2.36. The molecule has 0 atom stereocenters. The van der Waals surface area contributed by atoms with Gasteiger partial charge in [-0.3, -0.25) is 0 Å². The van der Waals surface area contributed by atoms with Gasteiger partial charge in [0.2, 0.25) is 0 Å². The van der Waals surface area contributed by atoms with Crippen LogP contribution in [0, 0.1) is 0 Å². The van der Waals surface area contributed by atoms with E-state index in [9.17, 15) is 10.0 Å². The van der Waals surface area contributed by atoms with Gasteiger partial charge in [0.15, 0.2) is 0 Å². The highest BCUT2D eigenvalue weighted by atomic mass is 16.4. The Morgan fingerprint density at radius 3 is 2.16 bits per heavy atom. The number of rotatable bonds is 2. The van der Waals surface area contributed by atoms with E-state index in [0.717, 1.165) is 16.5 Å². The van der Waals surface area contributed by atoms with E-state index in [4.69, 9.17) is 0 Å². The van der Waals surface area contributed by atoms with Gasteiger partial charge >= 0.3 is 7.12 Å². The van der Waals surface area contributed by atoms with Crippen molar-refractivity contribution in [2.24, 2.45) is 0 Å². The standard InChI is InChI=1S/C16H13BO2/c18-17(19)16-8-4-3-7-15(16)14-10-9-12-5-1-2-6-13(12)11-14/h1-11,18-19H. The Balaban J connectivity index is 2.19. The molecular weight excluding hydrogens is 235 g/mol. The van der Waals surface area contributed by atoms with Gasteiger partial charge in [-0.1, -0.05) is 60.7 Å². The van der Waals surface area contributed by atoms with E-state index >= 15 is 0 Å². The quantitative estimate of drug-likeness (QED) is 0.682. The molecule has 92 valence electrons. The third-order valence-corrected chi connectivity index (χ3v) is 3.30. The van der Waals surface area contributed by atoms with E-state index in [1.807, 2.05) is 36.4 Å². The van der Waals surface area contributed by atoms with Crippen LogP contribution in [-0.4, -0.2) is 17.2 Å². The predicted octanol–water partition coefficient (Wildman–Crippen LogP) is 2.19. The summed E-state index contributed by atoms with van der Waals surface area (Å²) in [6, 6.07) is 21.6. The lowest BCUT2D eigenvalue weighted by Crippen LogP contribution is -2.31. The number of fused-ring (bicyclic) bond motifs is 1. The van der Waals surface area contributed by atoms with Crippen LogP contribution in [0.2, 0.25) is 0 Å². The molecule has 19 heavy (non-hydrogen) atoms. The first-order valence-corrected chi connectivity index (χ1v) is 6.20. The number of hydrogen-bond acceptors (Lipinski definition) is 2. The van der Waals surface area contributed by atoms with Crippen LogP contribution in [0.25, 0.3) is 21.9 Å². The molecule has 0 aliphatic carbocycles. The first kappa shape index (κ1) is 12.0. The lowest BCUT2D eigenvalue weighted by molar-refractivity contribution is 0.426. The monoisotopic (exact) mass is 248 g/mol. The molecule has 0 heterocycles. The zero-order valence-corrected chi connectivity index (χ0v) is 10.3. The maximum Gasteiger partial charge on any atom is 0.489 e. The van der Waals surface area contributed by atoms with Crippen LogP contribution in [0.1, 0.15) is 0 Å². The van der Waals surface area contributed by atoms with Gasteiger partial charge in [-0.15, -0.1) is 0 Å². The topological polar surface area (TPSA) is 40.5 Å². The summed E-state index contributed by atoms with van der Waals surface area (Å²) >= 11 is 0. The molecule has 0 bridgehead atoms. The molecular formula is C16H13BO2. The van der Waals surface area contributed by atoms with Crippen molar-refractivity contribution in [3.05, 3.63) is 66.7 Å². The summed E-state index contributed by atoms with van der Waals surface area (Å²) in [7, 11) is -1.46. The number of benzene rings is 3. The molecule has 0 aliphatic heterocycles. The highest BCUT2D eigenvalue weighted by Gasteiger charge is 2.16. The summed E-state index contributed by atoms with van der Waals surface area (Å²) in [5.74, 6) is 0. The lowest BCUT2D eigenvalue weighted by atomic mass is 9.75. The van der Waals surface area contributed by atoms with E-state index < -0.39 is 7.12 Å². The first-order chi connectivity index (χ1) is 9.25. The lowest BCUT2D eigenvalue weighted by Gasteiger charge is -2.09. The Bertz CT molecular complexity index is 723. The van der Waals surface area contributed by atoms with Crippen LogP contribution in [0.3, 0.4) is 0 Å². The zero-order valence-electron chi connectivity index (χ0n) is 10.3. The Kier molecular flexibility index (Phi) is 3.07. The van der Waals surface area contributed by atoms with Gasteiger partial charge in [0.1, 0.15) is 0 Å². The number of hydrogen-bond donors (Lipinski definition) is 2. The summed E-state index contributed by atoms with van der Waals surface area (Å²) in [4.78, 5) is 0. The maximum atomic E-state index is 9.43. The van der Waals surface area contributed by atoms with Gasteiger partial charge in [0.25, 0.3) is 0 Å². The molecule has 0 radical (unpaired) electrons. The summed E-state index contributed by atoms with van der Waals surface area (Å²) in [6.07, 6.45) is 0. The predicted molar refractivity (Wildman–Crippen MR) is 79.2 cm³/mol. The van der Waals surface area contributed by atoms with Crippen LogP contribution < -0.4 is 5.46 Å². The van der Waals surface area contributed by atoms with Crippen LogP contribution >= 0.6 is 0 Å². The van der Waals surface area contributed by atoms with Crippen molar-refractivity contribution in [2.45, 2.75) is 0 Å². The third kappa shape index (κ3) is 2.26. The average molecular weight is 248 g/mol. The van der Waals surface area contributed by atoms with Crippen molar-refractivity contribution in [2.75, 3.05) is 0 Å². The van der Waals surface area contributed by atoms with E-state index in [1.54, 1.807) is 12.1 Å². The molecule has 0 amide bonds. The largest absolute Gasteiger partial charge is 0.489 e. The van der Waals surface area contributed by atoms with Crippen LogP contribution in [0.5, 0.6) is 0 Å². The van der Waals surface area contributed by atoms with Gasteiger partial charge in [-0.25, -0.2) is 0 Å². The summed E-state index contributed by atoms with van der Waals surface area (Å²) in [6.45, 7) is 0. The summed E-state index contributed by atoms with van der Waals surface area (Å²) in [5, 5.41) is 21.2. The fourth-order valence-electron chi connectivity index (χ4n) is 2.34. The van der Waals surface area contributed by atoms with Crippen molar-refractivity contribution in [3.8, 4) is 11.1 Å². The molecule has 0 aromatic heterocycles. The van der Waals surface area contributed by atoms with E-state index in [0.29, 0.717) is 5.46 Å². The zero-order chi connectivity index (χ0) is 13.2. The average Bonchev–Trinajstić information content (AvgIpc) is 2.46. The normalized spacial score (nSPS) is 10.6. The molecule has 3 aromatic rings. The van der Waals surface area contributed by atoms with Gasteiger partial charge < -0.3 is 10.0 Å². The molecule has 3 rings (SSSR count). The van der Waals surface area contributed by atoms with Gasteiger partial charge in [-0.05, 0) is 33.4 Å². The van der Waals surface area contributed by atoms with E-state index in [1.165, 1.54) is 5.39 Å². The minimum absolute atomic E-state index is 0.526. The van der Waals surface area contributed by atoms with Crippen molar-refractivity contribution in [1.29, 1.82) is 0 Å². The van der Waals surface area contributed by atoms with Crippen molar-refractivity contribution in [3.63, 3.8) is 0 Å². The summed E-state index contributed by atoms with van der Waals surface area (Å²) < 4.78 is 0. The highest BCUT2D eigenvalue weighted by molar-refractivity contribution is 6.60. The van der Waals surface area contributed by atoms with Crippen LogP contribution in [0.15, 0.2) is 66.7 Å². The van der Waals surface area contributed by atoms with Crippen molar-refractivity contribution >= 4 is 23.4 Å². The van der Waals surface area contributed by atoms with Crippen molar-refractivity contribution < 1.29 is 10.0 Å². The maximum absolute atomic E-state index is 9.43. The minimum Gasteiger partial charge on any atom is -0.423 e. The molecule has 3 heteroatoms. The second kappa shape index (κ2) is 4.88. The molecule has 2 N–H and O–H groups in total. The van der Waals surface area contributed by atoms with E-state index in [-0.39, 0.29) is 0 Å². The second-order valence-electron chi connectivity index (χ2n) is 4.52. The van der Waals surface area contributed by atoms with Gasteiger partial charge in [-0.2, -0.15) is 0 Å². The molecule has 0 saturated heterocycles. The highest BCUT2D eigenvalue weighted by Crippen LogP contribution is 2.23. The Morgan fingerprint density at radius 1 is 0.684 bits per heavy atom. The SMILES string of the molecule is OB(O)c1ccccc1-c1ccc2ccccc2c1.